The second-order valence-electron chi connectivity index (χ2n) is 4.74. The average Bonchev–Trinajstić information content (AvgIpc) is 2.33. The van der Waals surface area contributed by atoms with Gasteiger partial charge in [-0.05, 0) is 30.2 Å². The molecule has 0 amide bonds. The first-order chi connectivity index (χ1) is 8.85. The second-order valence-corrected chi connectivity index (χ2v) is 6.04. The van der Waals surface area contributed by atoms with Crippen molar-refractivity contribution in [2.45, 2.75) is 37.5 Å². The quantitative estimate of drug-likeness (QED) is 0.776. The van der Waals surface area contributed by atoms with Gasteiger partial charge in [-0.3, -0.25) is 0 Å². The lowest BCUT2D eigenvalue weighted by molar-refractivity contribution is 0.303. The number of rotatable bonds is 6. The number of nitrogens with zero attached hydrogens (tertiary/aromatic N) is 1. The van der Waals surface area contributed by atoms with Crippen LogP contribution < -0.4 is 5.32 Å². The summed E-state index contributed by atoms with van der Waals surface area (Å²) in [6.07, 6.45) is 5.41. The summed E-state index contributed by atoms with van der Waals surface area (Å²) in [6.45, 7) is 3.10. The van der Waals surface area contributed by atoms with Crippen LogP contribution in [0.3, 0.4) is 0 Å². The molecule has 1 fully saturated rings. The Bertz CT molecular complexity index is 433. The Hall–Kier alpha value is -1.14. The van der Waals surface area contributed by atoms with Crippen LogP contribution in [0.2, 0.25) is 0 Å². The van der Waals surface area contributed by atoms with Crippen molar-refractivity contribution in [2.75, 3.05) is 17.6 Å². The van der Waals surface area contributed by atoms with Gasteiger partial charge in [0.05, 0.1) is 11.3 Å². The molecule has 1 aliphatic carbocycles. The topological polar surface area (TPSA) is 35.8 Å². The molecule has 1 aromatic rings. The van der Waals surface area contributed by atoms with Crippen molar-refractivity contribution >= 4 is 17.4 Å². The van der Waals surface area contributed by atoms with Gasteiger partial charge in [0.15, 0.2) is 0 Å². The van der Waals surface area contributed by atoms with Crippen LogP contribution in [-0.2, 0) is 0 Å². The molecule has 1 N–H and O–H groups in total. The minimum atomic E-state index is 0.804. The van der Waals surface area contributed by atoms with Gasteiger partial charge >= 0.3 is 0 Å². The molecular formula is C15H20N2S. The Kier molecular flexibility index (Phi) is 4.95. The summed E-state index contributed by atoms with van der Waals surface area (Å²) in [7, 11) is 0. The first-order valence-electron chi connectivity index (χ1n) is 6.75. The van der Waals surface area contributed by atoms with Crippen LogP contribution in [0.15, 0.2) is 23.1 Å². The molecule has 0 unspecified atom stereocenters. The van der Waals surface area contributed by atoms with E-state index in [9.17, 15) is 5.26 Å². The molecule has 0 spiro atoms. The maximum atomic E-state index is 9.29. The van der Waals surface area contributed by atoms with Gasteiger partial charge in [0.2, 0.25) is 0 Å². The second kappa shape index (κ2) is 6.70. The summed E-state index contributed by atoms with van der Waals surface area (Å²) in [5, 5.41) is 12.7. The van der Waals surface area contributed by atoms with E-state index in [1.165, 1.54) is 25.7 Å². The minimum Gasteiger partial charge on any atom is -0.384 e. The van der Waals surface area contributed by atoms with Crippen LogP contribution in [0.1, 0.15) is 38.2 Å². The molecule has 1 aliphatic rings. The normalized spacial score (nSPS) is 14.9. The van der Waals surface area contributed by atoms with Crippen molar-refractivity contribution in [1.29, 1.82) is 5.26 Å². The Labute approximate surface area is 114 Å². The molecule has 2 rings (SSSR count). The van der Waals surface area contributed by atoms with Crippen LogP contribution >= 0.6 is 11.8 Å². The maximum Gasteiger partial charge on any atom is 0.102 e. The van der Waals surface area contributed by atoms with E-state index in [0.717, 1.165) is 34.4 Å². The number of thioether (sulfide) groups is 1. The van der Waals surface area contributed by atoms with E-state index < -0.39 is 0 Å². The predicted octanol–water partition coefficient (Wildman–Crippen LogP) is 4.27. The van der Waals surface area contributed by atoms with E-state index in [4.69, 9.17) is 0 Å². The Balaban J connectivity index is 1.97. The molecule has 0 heterocycles. The molecule has 3 heteroatoms. The molecule has 0 bridgehead atoms. The van der Waals surface area contributed by atoms with E-state index in [-0.39, 0.29) is 0 Å². The lowest BCUT2D eigenvalue weighted by atomic mass is 9.83. The smallest absolute Gasteiger partial charge is 0.102 e. The molecule has 0 aromatic heterocycles. The molecule has 0 saturated heterocycles. The van der Waals surface area contributed by atoms with Crippen LogP contribution in [-0.4, -0.2) is 12.3 Å². The van der Waals surface area contributed by atoms with E-state index >= 15 is 0 Å². The largest absolute Gasteiger partial charge is 0.384 e. The first kappa shape index (κ1) is 13.3. The monoisotopic (exact) mass is 260 g/mol. The summed E-state index contributed by atoms with van der Waals surface area (Å²) in [6, 6.07) is 8.41. The number of anilines is 1. The number of nitrogens with one attached hydrogen (secondary N) is 1. The molecule has 0 radical (unpaired) electrons. The highest BCUT2D eigenvalue weighted by Gasteiger charge is 2.16. The van der Waals surface area contributed by atoms with Gasteiger partial charge in [-0.2, -0.15) is 5.26 Å². The minimum absolute atomic E-state index is 0.804. The lowest BCUT2D eigenvalue weighted by Crippen LogP contribution is -2.16. The molecule has 0 aliphatic heterocycles. The highest BCUT2D eigenvalue weighted by Crippen LogP contribution is 2.30. The van der Waals surface area contributed by atoms with Crippen molar-refractivity contribution in [3.05, 3.63) is 23.8 Å². The molecule has 1 saturated carbocycles. The van der Waals surface area contributed by atoms with Crippen LogP contribution in [0.5, 0.6) is 0 Å². The van der Waals surface area contributed by atoms with Gasteiger partial charge in [-0.15, -0.1) is 11.8 Å². The average molecular weight is 260 g/mol. The Morgan fingerprint density at radius 3 is 2.89 bits per heavy atom. The zero-order valence-electron chi connectivity index (χ0n) is 10.9. The summed E-state index contributed by atoms with van der Waals surface area (Å²) >= 11 is 1.73. The summed E-state index contributed by atoms with van der Waals surface area (Å²) in [4.78, 5) is 1.09. The third-order valence-electron chi connectivity index (χ3n) is 3.53. The molecule has 0 atom stereocenters. The number of hydrogen-bond acceptors (Lipinski definition) is 3. The predicted molar refractivity (Wildman–Crippen MR) is 78.0 cm³/mol. The van der Waals surface area contributed by atoms with Gasteiger partial charge in [0.1, 0.15) is 6.07 Å². The van der Waals surface area contributed by atoms with Gasteiger partial charge in [-0.1, -0.05) is 32.3 Å². The summed E-state index contributed by atoms with van der Waals surface area (Å²) in [5.74, 6) is 1.91. The van der Waals surface area contributed by atoms with Crippen molar-refractivity contribution in [1.82, 2.24) is 0 Å². The van der Waals surface area contributed by atoms with E-state index in [1.54, 1.807) is 11.8 Å². The van der Waals surface area contributed by atoms with Crippen molar-refractivity contribution in [3.63, 3.8) is 0 Å². The van der Waals surface area contributed by atoms with Crippen LogP contribution in [0.4, 0.5) is 5.69 Å². The zero-order valence-corrected chi connectivity index (χ0v) is 11.7. The number of nitriles is 1. The van der Waals surface area contributed by atoms with Gasteiger partial charge in [0, 0.05) is 11.4 Å². The fourth-order valence-electron chi connectivity index (χ4n) is 2.26. The highest BCUT2D eigenvalue weighted by atomic mass is 32.2. The molecule has 1 aromatic carbocycles. The summed E-state index contributed by atoms with van der Waals surface area (Å²) in [5.41, 5.74) is 1.80. The Morgan fingerprint density at radius 1 is 1.44 bits per heavy atom. The van der Waals surface area contributed by atoms with Gasteiger partial charge < -0.3 is 5.32 Å². The van der Waals surface area contributed by atoms with Crippen LogP contribution in [0, 0.1) is 17.2 Å². The van der Waals surface area contributed by atoms with Gasteiger partial charge in [-0.25, -0.2) is 0 Å². The lowest BCUT2D eigenvalue weighted by Gasteiger charge is -2.25. The molecule has 2 nitrogen and oxygen atoms in total. The molecular weight excluding hydrogens is 240 g/mol. The van der Waals surface area contributed by atoms with Gasteiger partial charge in [0.25, 0.3) is 0 Å². The van der Waals surface area contributed by atoms with Crippen molar-refractivity contribution in [3.8, 4) is 6.07 Å². The fraction of sp³-hybridized carbons (Fsp3) is 0.533. The van der Waals surface area contributed by atoms with E-state index in [0.29, 0.717) is 0 Å². The molecule has 18 heavy (non-hydrogen) atoms. The SMILES string of the molecule is CCSc1cccc(NCCC2CCC2)c1C#N. The fourth-order valence-corrected chi connectivity index (χ4v) is 3.05. The third kappa shape index (κ3) is 3.20. The van der Waals surface area contributed by atoms with E-state index in [1.807, 2.05) is 18.2 Å². The maximum absolute atomic E-state index is 9.29. The van der Waals surface area contributed by atoms with Crippen molar-refractivity contribution < 1.29 is 0 Å². The van der Waals surface area contributed by atoms with E-state index in [2.05, 4.69) is 18.3 Å². The number of hydrogen-bond donors (Lipinski definition) is 1. The first-order valence-corrected chi connectivity index (χ1v) is 7.73. The molecule has 96 valence electrons. The highest BCUT2D eigenvalue weighted by molar-refractivity contribution is 7.99. The zero-order chi connectivity index (χ0) is 12.8. The Morgan fingerprint density at radius 2 is 2.28 bits per heavy atom. The third-order valence-corrected chi connectivity index (χ3v) is 4.47. The van der Waals surface area contributed by atoms with Crippen molar-refractivity contribution in [2.24, 2.45) is 5.92 Å². The standard InChI is InChI=1S/C15H20N2S/c1-2-18-15-8-4-7-14(13(15)11-16)17-10-9-12-5-3-6-12/h4,7-8,12,17H,2-3,5-6,9-10H2,1H3. The number of benzene rings is 1. The van der Waals surface area contributed by atoms with Crippen LogP contribution in [0.25, 0.3) is 0 Å². The summed E-state index contributed by atoms with van der Waals surface area (Å²) < 4.78 is 0.